The van der Waals surface area contributed by atoms with Gasteiger partial charge < -0.3 is 15.0 Å². The van der Waals surface area contributed by atoms with Gasteiger partial charge >= 0.3 is 0 Å². The van der Waals surface area contributed by atoms with Gasteiger partial charge in [-0.2, -0.15) is 5.10 Å². The lowest BCUT2D eigenvalue weighted by atomic mass is 10.1. The Morgan fingerprint density at radius 1 is 1.19 bits per heavy atom. The first-order valence-electron chi connectivity index (χ1n) is 9.66. The van der Waals surface area contributed by atoms with Crippen LogP contribution in [0.5, 0.6) is 5.75 Å². The minimum Gasteiger partial charge on any atom is -0.494 e. The van der Waals surface area contributed by atoms with Crippen LogP contribution in [-0.4, -0.2) is 35.2 Å². The summed E-state index contributed by atoms with van der Waals surface area (Å²) in [5.41, 5.74) is 1.33. The van der Waals surface area contributed by atoms with E-state index in [-0.39, 0.29) is 22.7 Å². The number of halogens is 2. The van der Waals surface area contributed by atoms with Gasteiger partial charge in [0.05, 0.1) is 18.4 Å². The van der Waals surface area contributed by atoms with Crippen molar-refractivity contribution >= 4 is 23.2 Å². The molecule has 3 aromatic rings. The molecule has 7 nitrogen and oxygen atoms in total. The van der Waals surface area contributed by atoms with Gasteiger partial charge in [0.15, 0.2) is 0 Å². The zero-order valence-electron chi connectivity index (χ0n) is 17.0. The van der Waals surface area contributed by atoms with Gasteiger partial charge in [-0.15, -0.1) is 0 Å². The first-order chi connectivity index (χ1) is 14.9. The van der Waals surface area contributed by atoms with E-state index in [2.05, 4.69) is 10.4 Å². The number of nitrogens with one attached hydrogen (secondary N) is 1. The number of aromatic nitrogens is 2. The normalized spacial score (nSPS) is 13.5. The highest BCUT2D eigenvalue weighted by atomic mass is 19.1. The molecule has 1 aromatic heterocycles. The fourth-order valence-corrected chi connectivity index (χ4v) is 3.61. The molecule has 1 saturated heterocycles. The van der Waals surface area contributed by atoms with Crippen molar-refractivity contribution < 1.29 is 23.1 Å². The molecule has 1 aliphatic rings. The average Bonchev–Trinajstić information content (AvgIpc) is 3.33. The van der Waals surface area contributed by atoms with Crippen molar-refractivity contribution in [3.8, 4) is 17.0 Å². The summed E-state index contributed by atoms with van der Waals surface area (Å²) in [5.74, 6) is -1.57. The van der Waals surface area contributed by atoms with Crippen LogP contribution in [0.15, 0.2) is 42.6 Å². The second-order valence-electron chi connectivity index (χ2n) is 7.18. The Balaban J connectivity index is 1.63. The Kier molecular flexibility index (Phi) is 5.41. The van der Waals surface area contributed by atoms with Crippen molar-refractivity contribution in [2.45, 2.75) is 12.8 Å². The number of aryl methyl sites for hydroxylation is 1. The third-order valence-corrected chi connectivity index (χ3v) is 5.06. The lowest BCUT2D eigenvalue weighted by molar-refractivity contribution is -0.117. The molecule has 4 rings (SSSR count). The number of benzene rings is 2. The third-order valence-electron chi connectivity index (χ3n) is 5.06. The smallest absolute Gasteiger partial charge is 0.259 e. The lowest BCUT2D eigenvalue weighted by Gasteiger charge is -2.19. The van der Waals surface area contributed by atoms with Crippen LogP contribution < -0.4 is 15.0 Å². The van der Waals surface area contributed by atoms with Gasteiger partial charge in [0, 0.05) is 49.6 Å². The topological polar surface area (TPSA) is 76.5 Å². The van der Waals surface area contributed by atoms with Crippen molar-refractivity contribution in [3.05, 3.63) is 59.8 Å². The van der Waals surface area contributed by atoms with E-state index in [9.17, 15) is 18.4 Å². The van der Waals surface area contributed by atoms with Gasteiger partial charge in [-0.3, -0.25) is 14.3 Å². The Labute approximate surface area is 177 Å². The molecule has 0 radical (unpaired) electrons. The molecular formula is C22H20F2N4O3. The summed E-state index contributed by atoms with van der Waals surface area (Å²) < 4.78 is 34.3. The Morgan fingerprint density at radius 3 is 2.68 bits per heavy atom. The molecule has 0 unspecified atom stereocenters. The highest BCUT2D eigenvalue weighted by Crippen LogP contribution is 2.34. The molecule has 31 heavy (non-hydrogen) atoms. The van der Waals surface area contributed by atoms with E-state index in [1.165, 1.54) is 24.1 Å². The van der Waals surface area contributed by atoms with Crippen molar-refractivity contribution in [1.82, 2.24) is 9.78 Å². The molecule has 0 atom stereocenters. The second-order valence-corrected chi connectivity index (χ2v) is 7.18. The number of methoxy groups -OCH3 is 1. The standard InChI is InChI=1S/C22H20F2N4O3/c1-27-12-16(21(26-27)15-7-5-13(23)10-17(15)24)22(30)25-14-6-8-18(19(11-14)31-2)28-9-3-4-20(28)29/h5-8,10-12H,3-4,9H2,1-2H3,(H,25,30). The van der Waals surface area contributed by atoms with Crippen molar-refractivity contribution in [2.75, 3.05) is 23.9 Å². The number of amides is 2. The van der Waals surface area contributed by atoms with E-state index in [1.807, 2.05) is 0 Å². The molecular weight excluding hydrogens is 406 g/mol. The largest absolute Gasteiger partial charge is 0.494 e. The number of nitrogens with zero attached hydrogens (tertiary/aromatic N) is 3. The van der Waals surface area contributed by atoms with E-state index >= 15 is 0 Å². The monoisotopic (exact) mass is 426 g/mol. The van der Waals surface area contributed by atoms with Crippen LogP contribution in [-0.2, 0) is 11.8 Å². The summed E-state index contributed by atoms with van der Waals surface area (Å²) in [6.07, 6.45) is 2.73. The van der Waals surface area contributed by atoms with E-state index in [1.54, 1.807) is 30.1 Å². The highest BCUT2D eigenvalue weighted by molar-refractivity contribution is 6.08. The quantitative estimate of drug-likeness (QED) is 0.674. The van der Waals surface area contributed by atoms with Gasteiger partial charge in [-0.05, 0) is 30.7 Å². The summed E-state index contributed by atoms with van der Waals surface area (Å²) >= 11 is 0. The van der Waals surface area contributed by atoms with Crippen molar-refractivity contribution in [2.24, 2.45) is 7.05 Å². The van der Waals surface area contributed by atoms with Crippen molar-refractivity contribution in [3.63, 3.8) is 0 Å². The molecule has 0 saturated carbocycles. The van der Waals surface area contributed by atoms with E-state index in [0.29, 0.717) is 30.1 Å². The Hall–Kier alpha value is -3.75. The van der Waals surface area contributed by atoms with E-state index in [4.69, 9.17) is 4.74 Å². The van der Waals surface area contributed by atoms with Crippen LogP contribution in [0.4, 0.5) is 20.2 Å². The molecule has 0 bridgehead atoms. The molecule has 1 N–H and O–H groups in total. The van der Waals surface area contributed by atoms with Gasteiger partial charge in [-0.1, -0.05) is 0 Å². The SMILES string of the molecule is COc1cc(NC(=O)c2cn(C)nc2-c2ccc(F)cc2F)ccc1N1CCCC1=O. The number of hydrogen-bond donors (Lipinski definition) is 1. The average molecular weight is 426 g/mol. The van der Waals surface area contributed by atoms with E-state index in [0.717, 1.165) is 18.6 Å². The predicted molar refractivity (Wildman–Crippen MR) is 111 cm³/mol. The number of ether oxygens (including phenoxy) is 1. The zero-order chi connectivity index (χ0) is 22.1. The fourth-order valence-electron chi connectivity index (χ4n) is 3.61. The number of rotatable bonds is 5. The van der Waals surface area contributed by atoms with Crippen LogP contribution in [0.25, 0.3) is 11.3 Å². The molecule has 9 heteroatoms. The number of hydrogen-bond acceptors (Lipinski definition) is 4. The van der Waals surface area contributed by atoms with Crippen LogP contribution in [0.3, 0.4) is 0 Å². The van der Waals surface area contributed by atoms with Gasteiger partial charge in [0.2, 0.25) is 5.91 Å². The van der Waals surface area contributed by atoms with Crippen LogP contribution >= 0.6 is 0 Å². The summed E-state index contributed by atoms with van der Waals surface area (Å²) in [7, 11) is 3.09. The van der Waals surface area contributed by atoms with Gasteiger partial charge in [0.1, 0.15) is 23.1 Å². The first-order valence-corrected chi connectivity index (χ1v) is 9.66. The predicted octanol–water partition coefficient (Wildman–Crippen LogP) is 3.75. The summed E-state index contributed by atoms with van der Waals surface area (Å²) in [6.45, 7) is 0.614. The molecule has 1 aliphatic heterocycles. The number of carbonyl (C=O) groups is 2. The lowest BCUT2D eigenvalue weighted by Crippen LogP contribution is -2.24. The Bertz CT molecular complexity index is 1180. The minimum absolute atomic E-state index is 0.0209. The third kappa shape index (κ3) is 3.98. The molecule has 1 fully saturated rings. The summed E-state index contributed by atoms with van der Waals surface area (Å²) in [6, 6.07) is 8.09. The summed E-state index contributed by atoms with van der Waals surface area (Å²) in [4.78, 5) is 26.6. The Morgan fingerprint density at radius 2 is 2.00 bits per heavy atom. The van der Waals surface area contributed by atoms with Crippen LogP contribution in [0, 0.1) is 11.6 Å². The maximum absolute atomic E-state index is 14.3. The van der Waals surface area contributed by atoms with Gasteiger partial charge in [0.25, 0.3) is 5.91 Å². The summed E-state index contributed by atoms with van der Waals surface area (Å²) in [5, 5.41) is 6.91. The fraction of sp³-hybridized carbons (Fsp3) is 0.227. The zero-order valence-corrected chi connectivity index (χ0v) is 17.0. The molecule has 0 spiro atoms. The molecule has 0 aliphatic carbocycles. The van der Waals surface area contributed by atoms with Crippen LogP contribution in [0.2, 0.25) is 0 Å². The maximum Gasteiger partial charge on any atom is 0.259 e. The second kappa shape index (κ2) is 8.17. The number of carbonyl (C=O) groups excluding carboxylic acids is 2. The molecule has 2 aromatic carbocycles. The highest BCUT2D eigenvalue weighted by Gasteiger charge is 2.25. The van der Waals surface area contributed by atoms with Crippen molar-refractivity contribution in [1.29, 1.82) is 0 Å². The van der Waals surface area contributed by atoms with E-state index < -0.39 is 17.5 Å². The minimum atomic E-state index is -0.811. The molecule has 2 heterocycles. The molecule has 160 valence electrons. The maximum atomic E-state index is 14.3. The first kappa shape index (κ1) is 20.5. The van der Waals surface area contributed by atoms with Gasteiger partial charge in [-0.25, -0.2) is 8.78 Å². The molecule has 2 amide bonds. The van der Waals surface area contributed by atoms with Crippen LogP contribution in [0.1, 0.15) is 23.2 Å². The number of anilines is 2.